The Labute approximate surface area is 114 Å². The maximum absolute atomic E-state index is 12.1. The zero-order chi connectivity index (χ0) is 13.0. The average Bonchev–Trinajstić information content (AvgIpc) is 2.28. The van der Waals surface area contributed by atoms with Gasteiger partial charge in [-0.2, -0.15) is 0 Å². The molecule has 1 aromatic rings. The number of rotatable bonds is 4. The molecule has 0 fully saturated rings. The van der Waals surface area contributed by atoms with Crippen LogP contribution in [0.4, 0.5) is 0 Å². The van der Waals surface area contributed by atoms with Gasteiger partial charge in [0.05, 0.1) is 0 Å². The van der Waals surface area contributed by atoms with Gasteiger partial charge in [-0.1, -0.05) is 13.0 Å². The number of aliphatic carboxylic acids is 1. The highest BCUT2D eigenvalue weighted by Gasteiger charge is 2.25. The molecule has 17 heavy (non-hydrogen) atoms. The minimum absolute atomic E-state index is 0.266. The van der Waals surface area contributed by atoms with Gasteiger partial charge in [0.15, 0.2) is 0 Å². The summed E-state index contributed by atoms with van der Waals surface area (Å²) >= 11 is 2.12. The van der Waals surface area contributed by atoms with E-state index < -0.39 is 12.0 Å². The summed E-state index contributed by atoms with van der Waals surface area (Å²) in [6.07, 6.45) is 0.390. The fourth-order valence-corrected chi connectivity index (χ4v) is 2.12. The van der Waals surface area contributed by atoms with E-state index in [1.807, 2.05) is 6.07 Å². The lowest BCUT2D eigenvalue weighted by atomic mass is 10.1. The first-order chi connectivity index (χ1) is 7.97. The highest BCUT2D eigenvalue weighted by atomic mass is 127. The second-order valence-electron chi connectivity index (χ2n) is 3.69. The summed E-state index contributed by atoms with van der Waals surface area (Å²) < 4.78 is 0.949. The molecular formula is C12H14INO3. The molecule has 0 aliphatic rings. The summed E-state index contributed by atoms with van der Waals surface area (Å²) in [5, 5.41) is 9.00. The molecule has 1 unspecified atom stereocenters. The fourth-order valence-electron chi connectivity index (χ4n) is 1.58. The third-order valence-electron chi connectivity index (χ3n) is 2.53. The van der Waals surface area contributed by atoms with Gasteiger partial charge >= 0.3 is 5.97 Å². The third kappa shape index (κ3) is 3.42. The number of hydrogen-bond donors (Lipinski definition) is 1. The Morgan fingerprint density at radius 2 is 2.12 bits per heavy atom. The molecule has 1 aromatic carbocycles. The number of carboxylic acids is 1. The summed E-state index contributed by atoms with van der Waals surface area (Å²) in [5.41, 5.74) is 0.513. The zero-order valence-electron chi connectivity index (χ0n) is 9.68. The number of carboxylic acid groups (broad SMARTS) is 1. The molecule has 0 saturated heterocycles. The summed E-state index contributed by atoms with van der Waals surface area (Å²) in [6.45, 7) is 1.75. The van der Waals surface area contributed by atoms with Crippen molar-refractivity contribution in [3.05, 3.63) is 33.4 Å². The highest BCUT2D eigenvalue weighted by molar-refractivity contribution is 14.1. The number of benzene rings is 1. The van der Waals surface area contributed by atoms with Crippen LogP contribution < -0.4 is 0 Å². The molecule has 0 aliphatic carbocycles. The Morgan fingerprint density at radius 1 is 1.47 bits per heavy atom. The number of amides is 1. The predicted molar refractivity (Wildman–Crippen MR) is 73.0 cm³/mol. The Kier molecular flexibility index (Phi) is 4.92. The number of carbonyl (C=O) groups excluding carboxylic acids is 1. The lowest BCUT2D eigenvalue weighted by Crippen LogP contribution is -2.41. The molecular weight excluding hydrogens is 333 g/mol. The van der Waals surface area contributed by atoms with Crippen LogP contribution in [0.5, 0.6) is 0 Å². The second-order valence-corrected chi connectivity index (χ2v) is 4.93. The molecule has 4 nitrogen and oxygen atoms in total. The molecule has 0 radical (unpaired) electrons. The van der Waals surface area contributed by atoms with Crippen molar-refractivity contribution in [3.8, 4) is 0 Å². The predicted octanol–water partition coefficient (Wildman–Crippen LogP) is 2.23. The van der Waals surface area contributed by atoms with E-state index >= 15 is 0 Å². The molecule has 1 rings (SSSR count). The quantitative estimate of drug-likeness (QED) is 0.850. The number of likely N-dealkylation sites (N-methyl/N-ethyl adjacent to an activating group) is 1. The third-order valence-corrected chi connectivity index (χ3v) is 3.20. The van der Waals surface area contributed by atoms with Crippen LogP contribution in [0.1, 0.15) is 23.7 Å². The number of halogens is 1. The molecule has 1 N–H and O–H groups in total. The maximum atomic E-state index is 12.1. The van der Waals surface area contributed by atoms with Crippen molar-refractivity contribution in [2.75, 3.05) is 7.05 Å². The molecule has 1 amide bonds. The van der Waals surface area contributed by atoms with Crippen molar-refractivity contribution in [2.45, 2.75) is 19.4 Å². The lowest BCUT2D eigenvalue weighted by Gasteiger charge is -2.23. The average molecular weight is 347 g/mol. The molecule has 0 spiro atoms. The highest BCUT2D eigenvalue weighted by Crippen LogP contribution is 2.12. The Morgan fingerprint density at radius 3 is 2.59 bits per heavy atom. The zero-order valence-corrected chi connectivity index (χ0v) is 11.8. The SMILES string of the molecule is CCC(C(=O)O)N(C)C(=O)c1cccc(I)c1. The minimum atomic E-state index is -0.978. The standard InChI is InChI=1S/C12H14INO3/c1-3-10(12(16)17)14(2)11(15)8-5-4-6-9(13)7-8/h4-7,10H,3H2,1-2H3,(H,16,17). The van der Waals surface area contributed by atoms with Crippen molar-refractivity contribution in [1.29, 1.82) is 0 Å². The molecule has 0 heterocycles. The Hall–Kier alpha value is -1.11. The summed E-state index contributed by atoms with van der Waals surface area (Å²) in [7, 11) is 1.52. The molecule has 5 heteroatoms. The largest absolute Gasteiger partial charge is 0.480 e. The van der Waals surface area contributed by atoms with Crippen LogP contribution in [0, 0.1) is 3.57 Å². The van der Waals surface area contributed by atoms with Crippen molar-refractivity contribution in [3.63, 3.8) is 0 Å². The summed E-state index contributed by atoms with van der Waals surface area (Å²) in [6, 6.07) is 6.32. The van der Waals surface area contributed by atoms with Gasteiger partial charge < -0.3 is 10.0 Å². The van der Waals surface area contributed by atoms with Gasteiger partial charge in [-0.25, -0.2) is 4.79 Å². The first-order valence-electron chi connectivity index (χ1n) is 5.23. The number of nitrogens with zero attached hydrogens (tertiary/aromatic N) is 1. The molecule has 1 atom stereocenters. The second kappa shape index (κ2) is 6.00. The van der Waals surface area contributed by atoms with E-state index in [-0.39, 0.29) is 5.91 Å². The molecule has 0 aliphatic heterocycles. The summed E-state index contributed by atoms with van der Waals surface area (Å²) in [5.74, 6) is -1.24. The van der Waals surface area contributed by atoms with Crippen molar-refractivity contribution in [1.82, 2.24) is 4.90 Å². The first kappa shape index (κ1) is 14.0. The smallest absolute Gasteiger partial charge is 0.326 e. The molecule has 0 aromatic heterocycles. The van der Waals surface area contributed by atoms with E-state index in [0.717, 1.165) is 3.57 Å². The molecule has 0 saturated carbocycles. The maximum Gasteiger partial charge on any atom is 0.326 e. The minimum Gasteiger partial charge on any atom is -0.480 e. The number of hydrogen-bond acceptors (Lipinski definition) is 2. The normalized spacial score (nSPS) is 11.9. The van der Waals surface area contributed by atoms with E-state index in [2.05, 4.69) is 22.6 Å². The van der Waals surface area contributed by atoms with Crippen molar-refractivity contribution < 1.29 is 14.7 Å². The van der Waals surface area contributed by atoms with E-state index in [9.17, 15) is 9.59 Å². The van der Waals surface area contributed by atoms with Crippen LogP contribution in [0.15, 0.2) is 24.3 Å². The Bertz CT molecular complexity index is 434. The molecule has 92 valence electrons. The van der Waals surface area contributed by atoms with Crippen molar-refractivity contribution >= 4 is 34.5 Å². The summed E-state index contributed by atoms with van der Waals surface area (Å²) in [4.78, 5) is 24.3. The van der Waals surface area contributed by atoms with Crippen LogP contribution in [0.2, 0.25) is 0 Å². The van der Waals surface area contributed by atoms with Gasteiger partial charge in [0.1, 0.15) is 6.04 Å². The van der Waals surface area contributed by atoms with Crippen LogP contribution in [-0.4, -0.2) is 35.0 Å². The van der Waals surface area contributed by atoms with Crippen LogP contribution in [0.25, 0.3) is 0 Å². The Balaban J connectivity index is 2.93. The van der Waals surface area contributed by atoms with E-state index in [1.54, 1.807) is 25.1 Å². The molecule has 0 bridgehead atoms. The van der Waals surface area contributed by atoms with Gasteiger partial charge in [0.25, 0.3) is 5.91 Å². The van der Waals surface area contributed by atoms with Gasteiger partial charge in [-0.3, -0.25) is 4.79 Å². The first-order valence-corrected chi connectivity index (χ1v) is 6.30. The van der Waals surface area contributed by atoms with E-state index in [0.29, 0.717) is 12.0 Å². The van der Waals surface area contributed by atoms with E-state index in [4.69, 9.17) is 5.11 Å². The van der Waals surface area contributed by atoms with Gasteiger partial charge in [0.2, 0.25) is 0 Å². The lowest BCUT2D eigenvalue weighted by molar-refractivity contribution is -0.142. The van der Waals surface area contributed by atoms with Crippen LogP contribution in [0.3, 0.4) is 0 Å². The van der Waals surface area contributed by atoms with Gasteiger partial charge in [0, 0.05) is 16.2 Å². The topological polar surface area (TPSA) is 57.6 Å². The van der Waals surface area contributed by atoms with E-state index in [1.165, 1.54) is 11.9 Å². The fraction of sp³-hybridized carbons (Fsp3) is 0.333. The number of carbonyl (C=O) groups is 2. The monoisotopic (exact) mass is 347 g/mol. The van der Waals surface area contributed by atoms with Crippen LogP contribution >= 0.6 is 22.6 Å². The van der Waals surface area contributed by atoms with Crippen molar-refractivity contribution in [2.24, 2.45) is 0 Å². The van der Waals surface area contributed by atoms with Crippen LogP contribution in [-0.2, 0) is 4.79 Å². The van der Waals surface area contributed by atoms with Gasteiger partial charge in [-0.15, -0.1) is 0 Å². The van der Waals surface area contributed by atoms with Gasteiger partial charge in [-0.05, 0) is 47.2 Å².